The molecule has 1 fully saturated rings. The Bertz CT molecular complexity index is 1160. The number of allylic oxidation sites excluding steroid dienone is 4. The van der Waals surface area contributed by atoms with Crippen LogP contribution in [-0.2, 0) is 14.3 Å². The number of aliphatic hydroxyl groups excluding tert-OH is 7. The molecule has 0 spiro atoms. The maximum atomic E-state index is 13.2. The van der Waals surface area contributed by atoms with Crippen molar-refractivity contribution in [3.05, 3.63) is 24.3 Å². The molecule has 11 heteroatoms. The van der Waals surface area contributed by atoms with Crippen LogP contribution in [0.2, 0.25) is 0 Å². The van der Waals surface area contributed by atoms with E-state index in [0.717, 1.165) is 38.5 Å². The molecule has 68 heavy (non-hydrogen) atoms. The lowest BCUT2D eigenvalue weighted by atomic mass is 9.98. The van der Waals surface area contributed by atoms with Gasteiger partial charge in [-0.2, -0.15) is 0 Å². The molecule has 0 aromatic carbocycles. The van der Waals surface area contributed by atoms with Crippen LogP contribution >= 0.6 is 0 Å². The Morgan fingerprint density at radius 2 is 0.882 bits per heavy atom. The molecule has 0 saturated carbocycles. The predicted molar refractivity (Wildman–Crippen MR) is 279 cm³/mol. The van der Waals surface area contributed by atoms with Gasteiger partial charge in [0.05, 0.1) is 25.4 Å². The molecule has 1 aliphatic heterocycles. The van der Waals surface area contributed by atoms with E-state index in [1.807, 2.05) is 0 Å². The molecule has 9 unspecified atom stereocenters. The minimum Gasteiger partial charge on any atom is -0.394 e. The third-order valence-electron chi connectivity index (χ3n) is 14.0. The SMILES string of the molecule is CCCCCCCC/C=C/CC/C=C/CCCC(O)C(O)C(COC1OC(CO)C(O)C(O)C1O)NC(=O)C(O)CCCCCCCCCCCCCCCCCCCCCCCCCCCC. The van der Waals surface area contributed by atoms with Gasteiger partial charge >= 0.3 is 0 Å². The van der Waals surface area contributed by atoms with Crippen molar-refractivity contribution < 1.29 is 50.0 Å². The fourth-order valence-electron chi connectivity index (χ4n) is 9.28. The summed E-state index contributed by atoms with van der Waals surface area (Å²) in [6, 6.07) is -1.19. The van der Waals surface area contributed by atoms with Crippen molar-refractivity contribution in [2.45, 2.75) is 319 Å². The second-order valence-corrected chi connectivity index (χ2v) is 20.4. The number of carbonyl (C=O) groups is 1. The molecule has 1 heterocycles. The first-order valence-electron chi connectivity index (χ1n) is 28.7. The normalized spacial score (nSPS) is 20.6. The van der Waals surface area contributed by atoms with Crippen LogP contribution in [-0.4, -0.2) is 110 Å². The molecule has 0 aliphatic carbocycles. The van der Waals surface area contributed by atoms with E-state index in [9.17, 15) is 40.5 Å². The van der Waals surface area contributed by atoms with Gasteiger partial charge < -0.3 is 50.5 Å². The highest BCUT2D eigenvalue weighted by Gasteiger charge is 2.44. The van der Waals surface area contributed by atoms with E-state index < -0.39 is 74.2 Å². The summed E-state index contributed by atoms with van der Waals surface area (Å²) in [4.78, 5) is 13.2. The van der Waals surface area contributed by atoms with Gasteiger partial charge in [-0.1, -0.05) is 237 Å². The minimum absolute atomic E-state index is 0.248. The first-order valence-corrected chi connectivity index (χ1v) is 28.7. The zero-order valence-electron chi connectivity index (χ0n) is 43.9. The summed E-state index contributed by atoms with van der Waals surface area (Å²) in [5, 5.41) is 76.0. The van der Waals surface area contributed by atoms with E-state index >= 15 is 0 Å². The molecule has 8 N–H and O–H groups in total. The fourth-order valence-corrected chi connectivity index (χ4v) is 9.28. The monoisotopic (exact) mass is 968 g/mol. The summed E-state index contributed by atoms with van der Waals surface area (Å²) in [7, 11) is 0. The Hall–Kier alpha value is -1.41. The molecule has 1 aliphatic rings. The number of hydrogen-bond acceptors (Lipinski definition) is 10. The van der Waals surface area contributed by atoms with Crippen LogP contribution in [0.15, 0.2) is 24.3 Å². The summed E-state index contributed by atoms with van der Waals surface area (Å²) < 4.78 is 11.1. The van der Waals surface area contributed by atoms with Gasteiger partial charge in [0.15, 0.2) is 6.29 Å². The van der Waals surface area contributed by atoms with E-state index in [-0.39, 0.29) is 12.8 Å². The quantitative estimate of drug-likeness (QED) is 0.0215. The molecule has 9 atom stereocenters. The molecule has 0 radical (unpaired) electrons. The molecule has 11 nitrogen and oxygen atoms in total. The lowest BCUT2D eigenvalue weighted by molar-refractivity contribution is -0.303. The molecule has 0 aromatic rings. The summed E-state index contributed by atoms with van der Waals surface area (Å²) >= 11 is 0. The Morgan fingerprint density at radius 3 is 1.31 bits per heavy atom. The number of amides is 1. The summed E-state index contributed by atoms with van der Waals surface area (Å²) in [5.74, 6) is -0.706. The van der Waals surface area contributed by atoms with Crippen molar-refractivity contribution in [3.8, 4) is 0 Å². The van der Waals surface area contributed by atoms with Gasteiger partial charge in [-0.3, -0.25) is 4.79 Å². The minimum atomic E-state index is -1.67. The third kappa shape index (κ3) is 34.8. The largest absolute Gasteiger partial charge is 0.394 e. The average molecular weight is 968 g/mol. The highest BCUT2D eigenvalue weighted by Crippen LogP contribution is 2.23. The summed E-state index contributed by atoms with van der Waals surface area (Å²) in [5.41, 5.74) is 0. The highest BCUT2D eigenvalue weighted by atomic mass is 16.7. The average Bonchev–Trinajstić information content (AvgIpc) is 3.34. The number of carbonyl (C=O) groups excluding carboxylic acids is 1. The highest BCUT2D eigenvalue weighted by molar-refractivity contribution is 5.80. The van der Waals surface area contributed by atoms with Crippen molar-refractivity contribution >= 4 is 5.91 Å². The first kappa shape index (κ1) is 64.6. The lowest BCUT2D eigenvalue weighted by Crippen LogP contribution is -2.60. The van der Waals surface area contributed by atoms with Crippen LogP contribution in [0.1, 0.15) is 264 Å². The number of ether oxygens (including phenoxy) is 2. The van der Waals surface area contributed by atoms with Crippen molar-refractivity contribution in [1.29, 1.82) is 0 Å². The van der Waals surface area contributed by atoms with Gasteiger partial charge in [0.2, 0.25) is 5.91 Å². The van der Waals surface area contributed by atoms with E-state index in [2.05, 4.69) is 43.5 Å². The van der Waals surface area contributed by atoms with Gasteiger partial charge in [-0.05, 0) is 51.4 Å². The number of nitrogens with one attached hydrogen (secondary N) is 1. The van der Waals surface area contributed by atoms with Crippen LogP contribution in [0.25, 0.3) is 0 Å². The predicted octanol–water partition coefficient (Wildman–Crippen LogP) is 11.7. The fraction of sp³-hybridized carbons (Fsp3) is 0.912. The zero-order valence-corrected chi connectivity index (χ0v) is 43.9. The Labute approximate surface area is 416 Å². The van der Waals surface area contributed by atoms with Crippen molar-refractivity contribution in [2.24, 2.45) is 0 Å². The Morgan fingerprint density at radius 1 is 0.500 bits per heavy atom. The van der Waals surface area contributed by atoms with Gasteiger partial charge in [0.1, 0.15) is 36.6 Å². The summed E-state index contributed by atoms with van der Waals surface area (Å²) in [6.45, 7) is 3.44. The Balaban J connectivity index is 2.29. The standard InChI is InChI=1S/C57H109NO10/c1-3-5-7-9-11-13-15-17-19-20-21-22-23-24-25-26-27-28-29-31-33-35-37-39-41-43-45-50(61)56(66)58-48(47-67-57-55(65)54(64)53(63)51(46-59)68-57)52(62)49(60)44-42-40-38-36-34-32-30-18-16-14-12-10-8-6-4-2/h18,30,36,38,48-55,57,59-65H,3-17,19-29,31-35,37,39-47H2,1-2H3,(H,58,66)/b30-18+,38-36+. The third-order valence-corrected chi connectivity index (χ3v) is 14.0. The van der Waals surface area contributed by atoms with Crippen molar-refractivity contribution in [2.75, 3.05) is 13.2 Å². The van der Waals surface area contributed by atoms with E-state index in [1.54, 1.807) is 0 Å². The number of unbranched alkanes of at least 4 members (excludes halogenated alkanes) is 33. The molecule has 1 saturated heterocycles. The van der Waals surface area contributed by atoms with Crippen LogP contribution in [0.4, 0.5) is 0 Å². The lowest BCUT2D eigenvalue weighted by Gasteiger charge is -2.40. The van der Waals surface area contributed by atoms with E-state index in [0.29, 0.717) is 19.3 Å². The topological polar surface area (TPSA) is 189 Å². The second-order valence-electron chi connectivity index (χ2n) is 20.4. The maximum absolute atomic E-state index is 13.2. The smallest absolute Gasteiger partial charge is 0.249 e. The number of rotatable bonds is 49. The number of hydrogen-bond donors (Lipinski definition) is 8. The zero-order chi connectivity index (χ0) is 49.7. The molecule has 402 valence electrons. The van der Waals surface area contributed by atoms with E-state index in [1.165, 1.54) is 180 Å². The van der Waals surface area contributed by atoms with Gasteiger partial charge in [-0.25, -0.2) is 0 Å². The maximum Gasteiger partial charge on any atom is 0.249 e. The Kier molecular flexibility index (Phi) is 44.3. The summed E-state index contributed by atoms with van der Waals surface area (Å²) in [6.07, 6.45) is 43.9. The van der Waals surface area contributed by atoms with Crippen LogP contribution in [0.5, 0.6) is 0 Å². The molecule has 1 rings (SSSR count). The van der Waals surface area contributed by atoms with E-state index in [4.69, 9.17) is 9.47 Å². The van der Waals surface area contributed by atoms with Crippen LogP contribution in [0.3, 0.4) is 0 Å². The van der Waals surface area contributed by atoms with Crippen molar-refractivity contribution in [3.63, 3.8) is 0 Å². The molecule has 0 bridgehead atoms. The molecule has 1 amide bonds. The van der Waals surface area contributed by atoms with Crippen molar-refractivity contribution in [1.82, 2.24) is 5.32 Å². The molecule has 0 aromatic heterocycles. The second kappa shape index (κ2) is 46.6. The van der Waals surface area contributed by atoms with Crippen LogP contribution in [0, 0.1) is 0 Å². The van der Waals surface area contributed by atoms with Gasteiger partial charge in [0, 0.05) is 0 Å². The number of aliphatic hydroxyl groups is 7. The molecular formula is C57H109NO10. The van der Waals surface area contributed by atoms with Crippen LogP contribution < -0.4 is 5.32 Å². The first-order chi connectivity index (χ1) is 33.2. The molecular weight excluding hydrogens is 859 g/mol. The van der Waals surface area contributed by atoms with Gasteiger partial charge in [0.25, 0.3) is 0 Å². The van der Waals surface area contributed by atoms with Gasteiger partial charge in [-0.15, -0.1) is 0 Å².